The maximum absolute atomic E-state index is 12.2. The maximum atomic E-state index is 12.2. The Morgan fingerprint density at radius 1 is 1.26 bits per heavy atom. The van der Waals surface area contributed by atoms with E-state index < -0.39 is 5.41 Å². The van der Waals surface area contributed by atoms with Crippen LogP contribution in [0.3, 0.4) is 0 Å². The molecule has 1 saturated heterocycles. The zero-order valence-electron chi connectivity index (χ0n) is 12.4. The fraction of sp³-hybridized carbons (Fsp3) is 0.867. The van der Waals surface area contributed by atoms with E-state index in [2.05, 4.69) is 6.92 Å². The monoisotopic (exact) mass is 270 g/mol. The van der Waals surface area contributed by atoms with E-state index in [9.17, 15) is 9.59 Å². The Bertz CT molecular complexity index is 309. The number of ether oxygens (including phenoxy) is 2. The summed E-state index contributed by atoms with van der Waals surface area (Å²) in [6, 6.07) is 0. The predicted octanol–water partition coefficient (Wildman–Crippen LogP) is 2.88. The van der Waals surface area contributed by atoms with Crippen molar-refractivity contribution in [2.75, 3.05) is 13.2 Å². The third kappa shape index (κ3) is 4.60. The topological polar surface area (TPSA) is 55.9 Å². The summed E-state index contributed by atoms with van der Waals surface area (Å²) < 4.78 is 10.3. The van der Waals surface area contributed by atoms with E-state index in [1.807, 2.05) is 0 Å². The van der Waals surface area contributed by atoms with Gasteiger partial charge in [-0.1, -0.05) is 32.6 Å². The number of Topliss-reactive ketones (excluding diaryl/α,β-unsaturated/α-hetero) is 1. The van der Waals surface area contributed by atoms with Gasteiger partial charge in [0.1, 0.15) is 11.2 Å². The van der Waals surface area contributed by atoms with Crippen LogP contribution in [0.1, 0.15) is 59.3 Å². The lowest BCUT2D eigenvalue weighted by Gasteiger charge is -2.28. The van der Waals surface area contributed by atoms with Crippen molar-refractivity contribution in [3.8, 4) is 0 Å². The summed E-state index contributed by atoms with van der Waals surface area (Å²) in [4.78, 5) is 24.3. The van der Waals surface area contributed by atoms with Crippen LogP contribution < -0.4 is 0 Å². The zero-order chi connectivity index (χ0) is 14.3. The number of unbranched alkanes of at least 4 members (excludes halogenated alkanes) is 3. The van der Waals surface area contributed by atoms with Crippen LogP contribution >= 0.6 is 0 Å². The smallest absolute Gasteiger partial charge is 0.319 e. The Balaban J connectivity index is 2.71. The Morgan fingerprint density at radius 2 is 1.95 bits per heavy atom. The predicted molar refractivity (Wildman–Crippen MR) is 72.9 cm³/mol. The normalized spacial score (nSPS) is 20.7. The van der Waals surface area contributed by atoms with Crippen LogP contribution in [0.25, 0.3) is 0 Å². The Kier molecular flexibility index (Phi) is 6.49. The van der Waals surface area contributed by atoms with Gasteiger partial charge < -0.3 is 9.47 Å². The second kappa shape index (κ2) is 7.63. The molecule has 110 valence electrons. The molecular formula is C15H26O4. The van der Waals surface area contributed by atoms with E-state index in [0.29, 0.717) is 26.1 Å². The molecule has 1 rings (SSSR count). The molecule has 4 heteroatoms. The lowest BCUT2D eigenvalue weighted by molar-refractivity contribution is -0.161. The number of esters is 1. The number of carbonyl (C=O) groups is 2. The molecule has 2 unspecified atom stereocenters. The maximum Gasteiger partial charge on any atom is 0.319 e. The summed E-state index contributed by atoms with van der Waals surface area (Å²) in [5.74, 6) is -0.451. The first kappa shape index (κ1) is 16.2. The van der Waals surface area contributed by atoms with Gasteiger partial charge in [0.25, 0.3) is 0 Å². The number of ketones is 1. The van der Waals surface area contributed by atoms with Gasteiger partial charge in [0, 0.05) is 0 Å². The van der Waals surface area contributed by atoms with Gasteiger partial charge in [-0.25, -0.2) is 0 Å². The van der Waals surface area contributed by atoms with Gasteiger partial charge in [-0.2, -0.15) is 0 Å². The first-order valence-electron chi connectivity index (χ1n) is 7.36. The van der Waals surface area contributed by atoms with Gasteiger partial charge >= 0.3 is 5.97 Å². The highest BCUT2D eigenvalue weighted by atomic mass is 16.6. The fourth-order valence-corrected chi connectivity index (χ4v) is 2.45. The van der Waals surface area contributed by atoms with Crippen molar-refractivity contribution in [2.45, 2.75) is 65.4 Å². The number of hydrogen-bond acceptors (Lipinski definition) is 4. The summed E-state index contributed by atoms with van der Waals surface area (Å²) in [6.07, 6.45) is 5.33. The van der Waals surface area contributed by atoms with E-state index in [0.717, 1.165) is 25.7 Å². The number of hydrogen-bond donors (Lipinski definition) is 0. The molecule has 1 aliphatic rings. The van der Waals surface area contributed by atoms with Crippen LogP contribution in [-0.4, -0.2) is 31.1 Å². The summed E-state index contributed by atoms with van der Waals surface area (Å²) in [7, 11) is 0. The van der Waals surface area contributed by atoms with Crippen molar-refractivity contribution in [2.24, 2.45) is 5.41 Å². The molecular weight excluding hydrogens is 244 g/mol. The largest absolute Gasteiger partial charge is 0.465 e. The van der Waals surface area contributed by atoms with Crippen LogP contribution in [0.2, 0.25) is 0 Å². The van der Waals surface area contributed by atoms with Gasteiger partial charge in [-0.3, -0.25) is 9.59 Å². The van der Waals surface area contributed by atoms with Crippen molar-refractivity contribution in [3.63, 3.8) is 0 Å². The van der Waals surface area contributed by atoms with E-state index in [1.165, 1.54) is 6.92 Å². The minimum Gasteiger partial charge on any atom is -0.465 e. The van der Waals surface area contributed by atoms with Gasteiger partial charge in [0.05, 0.1) is 19.3 Å². The van der Waals surface area contributed by atoms with Crippen molar-refractivity contribution in [1.29, 1.82) is 0 Å². The molecule has 0 N–H and O–H groups in total. The molecule has 4 nitrogen and oxygen atoms in total. The second-order valence-electron chi connectivity index (χ2n) is 5.33. The first-order valence-corrected chi connectivity index (χ1v) is 7.36. The highest BCUT2D eigenvalue weighted by molar-refractivity contribution is 6.02. The molecule has 0 aromatic carbocycles. The Morgan fingerprint density at radius 3 is 2.42 bits per heavy atom. The van der Waals surface area contributed by atoms with Crippen molar-refractivity contribution >= 4 is 11.8 Å². The van der Waals surface area contributed by atoms with Crippen molar-refractivity contribution in [1.82, 2.24) is 0 Å². The van der Waals surface area contributed by atoms with Gasteiger partial charge in [-0.05, 0) is 26.7 Å². The van der Waals surface area contributed by atoms with E-state index >= 15 is 0 Å². The molecule has 0 spiro atoms. The van der Waals surface area contributed by atoms with E-state index in [-0.39, 0.29) is 17.9 Å². The first-order chi connectivity index (χ1) is 9.06. The molecule has 2 atom stereocenters. The quantitative estimate of drug-likeness (QED) is 0.265. The minimum absolute atomic E-state index is 0.0551. The summed E-state index contributed by atoms with van der Waals surface area (Å²) >= 11 is 0. The average Bonchev–Trinajstić information content (AvgIpc) is 3.16. The lowest BCUT2D eigenvalue weighted by Crippen LogP contribution is -2.41. The molecule has 0 aromatic heterocycles. The Labute approximate surface area is 115 Å². The minimum atomic E-state index is -0.981. The third-order valence-electron chi connectivity index (χ3n) is 3.78. The number of rotatable bonds is 10. The second-order valence-corrected chi connectivity index (χ2v) is 5.33. The van der Waals surface area contributed by atoms with Crippen LogP contribution in [0.5, 0.6) is 0 Å². The van der Waals surface area contributed by atoms with Crippen molar-refractivity contribution in [3.05, 3.63) is 0 Å². The highest BCUT2D eigenvalue weighted by Crippen LogP contribution is 2.37. The lowest BCUT2D eigenvalue weighted by atomic mass is 9.75. The molecule has 0 aliphatic carbocycles. The molecule has 0 radical (unpaired) electrons. The van der Waals surface area contributed by atoms with Gasteiger partial charge in [0.2, 0.25) is 0 Å². The van der Waals surface area contributed by atoms with Crippen LogP contribution in [0.15, 0.2) is 0 Å². The van der Waals surface area contributed by atoms with Gasteiger partial charge in [0.15, 0.2) is 0 Å². The van der Waals surface area contributed by atoms with E-state index in [4.69, 9.17) is 9.47 Å². The number of epoxide rings is 1. The molecule has 0 saturated carbocycles. The van der Waals surface area contributed by atoms with Gasteiger partial charge in [-0.15, -0.1) is 0 Å². The third-order valence-corrected chi connectivity index (χ3v) is 3.78. The van der Waals surface area contributed by atoms with Crippen LogP contribution in [0, 0.1) is 5.41 Å². The highest BCUT2D eigenvalue weighted by Gasteiger charge is 2.48. The number of carbonyl (C=O) groups excluding carboxylic acids is 2. The van der Waals surface area contributed by atoms with Crippen molar-refractivity contribution < 1.29 is 19.1 Å². The molecule has 0 amide bonds. The molecule has 1 heterocycles. The van der Waals surface area contributed by atoms with Crippen LogP contribution in [0.4, 0.5) is 0 Å². The molecule has 0 bridgehead atoms. The molecule has 1 aliphatic heterocycles. The molecule has 1 fully saturated rings. The fourth-order valence-electron chi connectivity index (χ4n) is 2.45. The average molecular weight is 270 g/mol. The molecule has 0 aromatic rings. The molecule has 19 heavy (non-hydrogen) atoms. The summed E-state index contributed by atoms with van der Waals surface area (Å²) in [5, 5.41) is 0. The summed E-state index contributed by atoms with van der Waals surface area (Å²) in [6.45, 7) is 6.38. The summed E-state index contributed by atoms with van der Waals surface area (Å²) in [5.41, 5.74) is -0.981. The standard InChI is InChI=1S/C15H26O4/c1-4-6-7-8-9-15(12(3)16,10-13-11-19-13)14(17)18-5-2/h13H,4-11H2,1-3H3. The zero-order valence-corrected chi connectivity index (χ0v) is 12.4. The SMILES string of the molecule is CCCCCCC(CC1CO1)(C(C)=O)C(=O)OCC. The van der Waals surface area contributed by atoms with E-state index in [1.54, 1.807) is 6.92 Å². The van der Waals surface area contributed by atoms with Crippen LogP contribution in [-0.2, 0) is 19.1 Å². The Hall–Kier alpha value is -0.900.